The fraction of sp³-hybridized carbons (Fsp3) is 0.292. The molecule has 9 nitrogen and oxygen atoms in total. The number of aromatic nitrogens is 3. The minimum Gasteiger partial charge on any atom is -0.497 e. The molecule has 1 N–H and O–H groups in total. The second kappa shape index (κ2) is 9.05. The van der Waals surface area contributed by atoms with E-state index in [0.717, 1.165) is 60.6 Å². The Bertz CT molecular complexity index is 1390. The van der Waals surface area contributed by atoms with Crippen LogP contribution in [-0.2, 0) is 11.3 Å². The normalized spacial score (nSPS) is 15.0. The molecule has 0 spiro atoms. The third kappa shape index (κ3) is 4.20. The van der Waals surface area contributed by atoms with Crippen LogP contribution in [0.5, 0.6) is 11.5 Å². The van der Waals surface area contributed by atoms with Gasteiger partial charge in [-0.05, 0) is 42.0 Å². The number of H-pyrrole nitrogens is 1. The van der Waals surface area contributed by atoms with E-state index in [1.54, 1.807) is 20.4 Å². The summed E-state index contributed by atoms with van der Waals surface area (Å²) in [4.78, 5) is 23.0. The van der Waals surface area contributed by atoms with E-state index in [1.807, 2.05) is 36.4 Å². The van der Waals surface area contributed by atoms with E-state index in [1.165, 1.54) is 11.0 Å². The molecule has 33 heavy (non-hydrogen) atoms. The summed E-state index contributed by atoms with van der Waals surface area (Å²) in [6.07, 6.45) is 3.09. The van der Waals surface area contributed by atoms with Gasteiger partial charge in [-0.1, -0.05) is 0 Å². The third-order valence-corrected chi connectivity index (χ3v) is 5.83. The van der Waals surface area contributed by atoms with Gasteiger partial charge in [0.05, 0.1) is 33.6 Å². The average molecular weight is 447 g/mol. The van der Waals surface area contributed by atoms with Gasteiger partial charge in [-0.2, -0.15) is 9.78 Å². The maximum Gasteiger partial charge on any atom is 0.298 e. The van der Waals surface area contributed by atoms with E-state index in [-0.39, 0.29) is 5.56 Å². The van der Waals surface area contributed by atoms with Gasteiger partial charge in [-0.3, -0.25) is 9.69 Å². The van der Waals surface area contributed by atoms with Crippen LogP contribution in [0.15, 0.2) is 52.6 Å². The number of hydrogen-bond donors (Lipinski definition) is 1. The molecule has 1 aliphatic heterocycles. The van der Waals surface area contributed by atoms with E-state index < -0.39 is 0 Å². The number of fused-ring (bicyclic) bond motifs is 3. The molecule has 4 aromatic rings. The number of morpholine rings is 1. The van der Waals surface area contributed by atoms with Crippen molar-refractivity contribution in [1.82, 2.24) is 19.5 Å². The highest BCUT2D eigenvalue weighted by Crippen LogP contribution is 2.26. The molecular weight excluding hydrogens is 422 g/mol. The molecule has 0 radical (unpaired) electrons. The Morgan fingerprint density at radius 1 is 1.15 bits per heavy atom. The predicted octanol–water partition coefficient (Wildman–Crippen LogP) is 2.61. The van der Waals surface area contributed by atoms with Crippen LogP contribution in [0.3, 0.4) is 0 Å². The first kappa shape index (κ1) is 21.2. The summed E-state index contributed by atoms with van der Waals surface area (Å²) in [6, 6.07) is 11.4. The zero-order chi connectivity index (χ0) is 22.8. The molecule has 2 aromatic heterocycles. The Balaban J connectivity index is 1.45. The molecule has 5 rings (SSSR count). The van der Waals surface area contributed by atoms with Crippen molar-refractivity contribution in [3.63, 3.8) is 0 Å². The largest absolute Gasteiger partial charge is 0.497 e. The Hall–Kier alpha value is -3.69. The van der Waals surface area contributed by atoms with E-state index >= 15 is 0 Å². The zero-order valence-electron chi connectivity index (χ0n) is 18.6. The minimum absolute atomic E-state index is 0.270. The summed E-state index contributed by atoms with van der Waals surface area (Å²) in [6.45, 7) is 4.02. The Morgan fingerprint density at radius 2 is 2.00 bits per heavy atom. The Morgan fingerprint density at radius 3 is 2.79 bits per heavy atom. The maximum atomic E-state index is 13.0. The smallest absolute Gasteiger partial charge is 0.298 e. The van der Waals surface area contributed by atoms with Gasteiger partial charge in [0.1, 0.15) is 28.9 Å². The van der Waals surface area contributed by atoms with Gasteiger partial charge in [-0.25, -0.2) is 4.98 Å². The molecule has 1 fully saturated rings. The van der Waals surface area contributed by atoms with Crippen LogP contribution in [0.25, 0.3) is 21.9 Å². The lowest BCUT2D eigenvalue weighted by Crippen LogP contribution is -2.35. The number of benzene rings is 2. The van der Waals surface area contributed by atoms with Gasteiger partial charge in [-0.15, -0.1) is 0 Å². The molecule has 0 atom stereocenters. The van der Waals surface area contributed by atoms with Crippen LogP contribution < -0.4 is 15.0 Å². The Kier molecular flexibility index (Phi) is 5.80. The molecule has 2 aromatic carbocycles. The highest BCUT2D eigenvalue weighted by molar-refractivity contribution is 6.04. The first-order valence-corrected chi connectivity index (χ1v) is 10.7. The van der Waals surface area contributed by atoms with Crippen molar-refractivity contribution in [2.45, 2.75) is 6.54 Å². The molecule has 0 aliphatic carbocycles. The van der Waals surface area contributed by atoms with Gasteiger partial charge in [0, 0.05) is 36.1 Å². The van der Waals surface area contributed by atoms with Crippen LogP contribution >= 0.6 is 0 Å². The molecule has 170 valence electrons. The second-order valence-electron chi connectivity index (χ2n) is 7.86. The van der Waals surface area contributed by atoms with Gasteiger partial charge >= 0.3 is 0 Å². The summed E-state index contributed by atoms with van der Waals surface area (Å²) in [5, 5.41) is 5.20. The molecule has 0 unspecified atom stereocenters. The number of hydrogen-bond acceptors (Lipinski definition) is 7. The standard InChI is InChI=1S/C24H25N5O4/c1-31-18-4-5-20-19(12-18)22-23(27-20)24(30)29(15-25-22)26-13-16-3-6-21(32-2)17(11-16)14-28-7-9-33-10-8-28/h3-6,11-13,15,27H,7-10,14H2,1-2H3. The number of ether oxygens (including phenoxy) is 3. The van der Waals surface area contributed by atoms with Crippen molar-refractivity contribution in [3.05, 3.63) is 64.2 Å². The molecule has 9 heteroatoms. The number of methoxy groups -OCH3 is 2. The fourth-order valence-electron chi connectivity index (χ4n) is 4.07. The lowest BCUT2D eigenvalue weighted by molar-refractivity contribution is 0.0339. The molecule has 0 amide bonds. The second-order valence-corrected chi connectivity index (χ2v) is 7.86. The monoisotopic (exact) mass is 447 g/mol. The van der Waals surface area contributed by atoms with Crippen LogP contribution in [0.2, 0.25) is 0 Å². The summed E-state index contributed by atoms with van der Waals surface area (Å²) >= 11 is 0. The molecular formula is C24H25N5O4. The predicted molar refractivity (Wildman–Crippen MR) is 126 cm³/mol. The molecule has 0 saturated carbocycles. The number of rotatable bonds is 6. The Labute approximate surface area is 190 Å². The summed E-state index contributed by atoms with van der Waals surface area (Å²) in [5.41, 5.74) is 3.48. The summed E-state index contributed by atoms with van der Waals surface area (Å²) < 4.78 is 17.5. The lowest BCUT2D eigenvalue weighted by Gasteiger charge is -2.27. The first-order valence-electron chi connectivity index (χ1n) is 10.7. The van der Waals surface area contributed by atoms with Crippen LogP contribution in [-0.4, -0.2) is 66.3 Å². The van der Waals surface area contributed by atoms with Gasteiger partial charge < -0.3 is 19.2 Å². The molecule has 3 heterocycles. The number of nitrogens with zero attached hydrogens (tertiary/aromatic N) is 4. The summed E-state index contributed by atoms with van der Waals surface area (Å²) in [7, 11) is 3.28. The quantitative estimate of drug-likeness (QED) is 0.457. The van der Waals surface area contributed by atoms with E-state index in [0.29, 0.717) is 16.8 Å². The van der Waals surface area contributed by atoms with Crippen LogP contribution in [0.1, 0.15) is 11.1 Å². The summed E-state index contributed by atoms with van der Waals surface area (Å²) in [5.74, 6) is 1.53. The highest BCUT2D eigenvalue weighted by atomic mass is 16.5. The van der Waals surface area contributed by atoms with Crippen molar-refractivity contribution in [2.24, 2.45) is 5.10 Å². The molecule has 1 saturated heterocycles. The fourth-order valence-corrected chi connectivity index (χ4v) is 4.07. The molecule has 0 bridgehead atoms. The SMILES string of the molecule is COc1ccc2[nH]c3c(=O)n(N=Cc4ccc(OC)c(CN5CCOCC5)c4)cnc3c2c1. The van der Waals surface area contributed by atoms with Crippen LogP contribution in [0, 0.1) is 0 Å². The maximum absolute atomic E-state index is 13.0. The topological polar surface area (TPSA) is 94.0 Å². The number of aromatic amines is 1. The highest BCUT2D eigenvalue weighted by Gasteiger charge is 2.14. The molecule has 1 aliphatic rings. The minimum atomic E-state index is -0.270. The van der Waals surface area contributed by atoms with Crippen molar-refractivity contribution in [1.29, 1.82) is 0 Å². The van der Waals surface area contributed by atoms with Crippen LogP contribution in [0.4, 0.5) is 0 Å². The van der Waals surface area contributed by atoms with Crippen molar-refractivity contribution < 1.29 is 14.2 Å². The van der Waals surface area contributed by atoms with Crippen molar-refractivity contribution in [2.75, 3.05) is 40.5 Å². The first-order chi connectivity index (χ1) is 16.2. The van der Waals surface area contributed by atoms with E-state index in [4.69, 9.17) is 14.2 Å². The number of nitrogens with one attached hydrogen (secondary N) is 1. The van der Waals surface area contributed by atoms with Gasteiger partial charge in [0.15, 0.2) is 0 Å². The lowest BCUT2D eigenvalue weighted by atomic mass is 10.1. The van der Waals surface area contributed by atoms with Gasteiger partial charge in [0.2, 0.25) is 0 Å². The van der Waals surface area contributed by atoms with E-state index in [2.05, 4.69) is 20.0 Å². The van der Waals surface area contributed by atoms with Crippen molar-refractivity contribution >= 4 is 28.2 Å². The zero-order valence-corrected chi connectivity index (χ0v) is 18.6. The van der Waals surface area contributed by atoms with E-state index in [9.17, 15) is 4.79 Å². The van der Waals surface area contributed by atoms with Crippen molar-refractivity contribution in [3.8, 4) is 11.5 Å². The third-order valence-electron chi connectivity index (χ3n) is 5.83. The average Bonchev–Trinajstić information content (AvgIpc) is 3.23. The van der Waals surface area contributed by atoms with Gasteiger partial charge in [0.25, 0.3) is 5.56 Å².